The topological polar surface area (TPSA) is 37.3 Å². The number of hydrogen-bond donors (Lipinski definition) is 1. The molecule has 5 heteroatoms. The van der Waals surface area contributed by atoms with Crippen LogP contribution in [0, 0.1) is 28.6 Å². The first-order valence-corrected chi connectivity index (χ1v) is 10.5. The zero-order valence-electron chi connectivity index (χ0n) is 16.6. The molecule has 0 amide bonds. The van der Waals surface area contributed by atoms with Gasteiger partial charge in [-0.2, -0.15) is 13.2 Å². The van der Waals surface area contributed by atoms with Crippen LogP contribution in [0.25, 0.3) is 0 Å². The number of fused-ring (bicyclic) bond motifs is 5. The Hall–Kier alpha value is -0.840. The second-order valence-electron chi connectivity index (χ2n) is 9.99. The predicted molar refractivity (Wildman–Crippen MR) is 96.9 cm³/mol. The van der Waals surface area contributed by atoms with Gasteiger partial charge in [0.2, 0.25) is 0 Å². The molecule has 0 unspecified atom stereocenters. The Balaban J connectivity index is 1.74. The number of allylic oxidation sites excluding steroid dienone is 1. The lowest BCUT2D eigenvalue weighted by Crippen LogP contribution is -2.55. The molecule has 27 heavy (non-hydrogen) atoms. The summed E-state index contributed by atoms with van der Waals surface area (Å²) in [7, 11) is 0. The number of carbonyl (C=O) groups is 1. The van der Waals surface area contributed by atoms with Crippen LogP contribution in [0.1, 0.15) is 78.6 Å². The van der Waals surface area contributed by atoms with E-state index in [0.717, 1.165) is 38.5 Å². The van der Waals surface area contributed by atoms with Crippen molar-refractivity contribution in [2.75, 3.05) is 0 Å². The standard InChI is InChI=1S/C22H31F3O2/c1-4-21(27)12-8-15-13-5-6-16-18(22(23,24)25)17(26)9-10-19(16,2)14(13)7-11-20(15,21)3/h13-15,27H,4-12H2,1-3H3/t13-,14+,15+,19-,20+,21+/m1/s1. The van der Waals surface area contributed by atoms with Crippen LogP contribution >= 0.6 is 0 Å². The summed E-state index contributed by atoms with van der Waals surface area (Å²) in [4.78, 5) is 12.1. The van der Waals surface area contributed by atoms with Gasteiger partial charge >= 0.3 is 6.18 Å². The predicted octanol–water partition coefficient (Wildman–Crippen LogP) is 5.59. The molecule has 4 rings (SSSR count). The number of rotatable bonds is 1. The summed E-state index contributed by atoms with van der Waals surface area (Å²) in [6.45, 7) is 6.25. The van der Waals surface area contributed by atoms with E-state index < -0.39 is 28.5 Å². The molecule has 3 fully saturated rings. The third-order valence-electron chi connectivity index (χ3n) is 9.31. The van der Waals surface area contributed by atoms with Gasteiger partial charge in [-0.1, -0.05) is 20.8 Å². The monoisotopic (exact) mass is 384 g/mol. The molecular formula is C22H31F3O2. The van der Waals surface area contributed by atoms with Crippen molar-refractivity contribution in [3.8, 4) is 0 Å². The lowest BCUT2D eigenvalue weighted by molar-refractivity contribution is -0.141. The largest absolute Gasteiger partial charge is 0.419 e. The number of alkyl halides is 3. The molecule has 0 heterocycles. The van der Waals surface area contributed by atoms with Gasteiger partial charge in [0.25, 0.3) is 0 Å². The Morgan fingerprint density at radius 3 is 2.33 bits per heavy atom. The molecule has 3 saturated carbocycles. The van der Waals surface area contributed by atoms with Gasteiger partial charge in [0.05, 0.1) is 11.2 Å². The van der Waals surface area contributed by atoms with Crippen molar-refractivity contribution in [2.45, 2.75) is 90.3 Å². The van der Waals surface area contributed by atoms with E-state index in [-0.39, 0.29) is 17.8 Å². The van der Waals surface area contributed by atoms with Crippen molar-refractivity contribution in [1.82, 2.24) is 0 Å². The van der Waals surface area contributed by atoms with E-state index in [9.17, 15) is 23.1 Å². The van der Waals surface area contributed by atoms with Crippen LogP contribution in [-0.4, -0.2) is 22.7 Å². The molecule has 0 bridgehead atoms. The fraction of sp³-hybridized carbons (Fsp3) is 0.864. The average Bonchev–Trinajstić information content (AvgIpc) is 2.86. The normalized spacial score (nSPS) is 47.5. The van der Waals surface area contributed by atoms with E-state index in [2.05, 4.69) is 6.92 Å². The number of ketones is 1. The zero-order valence-corrected chi connectivity index (χ0v) is 16.6. The van der Waals surface area contributed by atoms with E-state index >= 15 is 0 Å². The molecule has 0 spiro atoms. The summed E-state index contributed by atoms with van der Waals surface area (Å²) in [6, 6.07) is 0. The van der Waals surface area contributed by atoms with Gasteiger partial charge in [-0.05, 0) is 85.5 Å². The highest BCUT2D eigenvalue weighted by Gasteiger charge is 2.64. The molecule has 0 aromatic rings. The second-order valence-corrected chi connectivity index (χ2v) is 9.99. The summed E-state index contributed by atoms with van der Waals surface area (Å²) in [6.07, 6.45) is 1.38. The number of hydrogen-bond acceptors (Lipinski definition) is 2. The Morgan fingerprint density at radius 1 is 1.04 bits per heavy atom. The highest BCUT2D eigenvalue weighted by Crippen LogP contribution is 2.68. The first-order valence-electron chi connectivity index (χ1n) is 10.5. The fourth-order valence-corrected chi connectivity index (χ4v) is 7.73. The van der Waals surface area contributed by atoms with E-state index in [1.165, 1.54) is 0 Å². The highest BCUT2D eigenvalue weighted by molar-refractivity contribution is 5.98. The number of Topliss-reactive ketones (excluding diaryl/α,β-unsaturated/α-hetero) is 1. The molecule has 2 nitrogen and oxygen atoms in total. The summed E-state index contributed by atoms with van der Waals surface area (Å²) in [5.41, 5.74) is -1.73. The molecule has 0 aromatic heterocycles. The van der Waals surface area contributed by atoms with Crippen molar-refractivity contribution >= 4 is 5.78 Å². The van der Waals surface area contributed by atoms with Crippen molar-refractivity contribution in [3.63, 3.8) is 0 Å². The van der Waals surface area contributed by atoms with Gasteiger partial charge in [0, 0.05) is 6.42 Å². The minimum atomic E-state index is -4.54. The van der Waals surface area contributed by atoms with Crippen LogP contribution in [-0.2, 0) is 4.79 Å². The maximum absolute atomic E-state index is 13.7. The lowest BCUT2D eigenvalue weighted by Gasteiger charge is -2.59. The molecule has 152 valence electrons. The van der Waals surface area contributed by atoms with Crippen molar-refractivity contribution in [3.05, 3.63) is 11.1 Å². The van der Waals surface area contributed by atoms with Crippen molar-refractivity contribution in [2.24, 2.45) is 28.6 Å². The molecule has 1 N–H and O–H groups in total. The van der Waals surface area contributed by atoms with Gasteiger partial charge in [0.1, 0.15) is 0 Å². The third-order valence-corrected chi connectivity index (χ3v) is 9.31. The minimum absolute atomic E-state index is 0.0128. The van der Waals surface area contributed by atoms with Crippen LogP contribution < -0.4 is 0 Å². The van der Waals surface area contributed by atoms with Crippen molar-refractivity contribution < 1.29 is 23.1 Å². The molecule has 0 radical (unpaired) electrons. The summed E-state index contributed by atoms with van der Waals surface area (Å²) >= 11 is 0. The Bertz CT molecular complexity index is 696. The Morgan fingerprint density at radius 2 is 1.70 bits per heavy atom. The number of aliphatic hydroxyl groups is 1. The fourth-order valence-electron chi connectivity index (χ4n) is 7.73. The highest BCUT2D eigenvalue weighted by atomic mass is 19.4. The molecule has 4 aliphatic rings. The summed E-state index contributed by atoms with van der Waals surface area (Å²) in [5, 5.41) is 11.2. The Kier molecular flexibility index (Phi) is 4.21. The number of carbonyl (C=O) groups excluding carboxylic acids is 1. The minimum Gasteiger partial charge on any atom is -0.389 e. The van der Waals surface area contributed by atoms with Crippen molar-refractivity contribution in [1.29, 1.82) is 0 Å². The molecule has 0 aromatic carbocycles. The van der Waals surface area contributed by atoms with Crippen LogP contribution in [0.4, 0.5) is 13.2 Å². The Labute approximate surface area is 159 Å². The molecule has 0 aliphatic heterocycles. The van der Waals surface area contributed by atoms with E-state index in [0.29, 0.717) is 30.3 Å². The quantitative estimate of drug-likeness (QED) is 0.640. The van der Waals surface area contributed by atoms with Gasteiger partial charge in [-0.25, -0.2) is 0 Å². The first-order chi connectivity index (χ1) is 12.5. The molecule has 4 aliphatic carbocycles. The molecule has 6 atom stereocenters. The van der Waals surface area contributed by atoms with Crippen LogP contribution in [0.5, 0.6) is 0 Å². The molecule has 0 saturated heterocycles. The third kappa shape index (κ3) is 2.45. The number of halogens is 3. The zero-order chi connectivity index (χ0) is 19.8. The average molecular weight is 384 g/mol. The maximum atomic E-state index is 13.7. The lowest BCUT2D eigenvalue weighted by atomic mass is 9.45. The summed E-state index contributed by atoms with van der Waals surface area (Å²) < 4.78 is 41.0. The van der Waals surface area contributed by atoms with Gasteiger partial charge in [-0.15, -0.1) is 0 Å². The maximum Gasteiger partial charge on any atom is 0.419 e. The van der Waals surface area contributed by atoms with Crippen LogP contribution in [0.3, 0.4) is 0 Å². The second kappa shape index (κ2) is 5.84. The van der Waals surface area contributed by atoms with Crippen LogP contribution in [0.2, 0.25) is 0 Å². The van der Waals surface area contributed by atoms with E-state index in [1.807, 2.05) is 13.8 Å². The molecular weight excluding hydrogens is 353 g/mol. The van der Waals surface area contributed by atoms with Crippen LogP contribution in [0.15, 0.2) is 11.1 Å². The SMILES string of the molecule is CC[C@]1(O)CC[C@H]2[C@@H]3CCC4=C(C(F)(F)F)C(=O)CC[C@]4(C)[C@H]3CC[C@@]21C. The van der Waals surface area contributed by atoms with Gasteiger partial charge in [-0.3, -0.25) is 4.79 Å². The van der Waals surface area contributed by atoms with Gasteiger partial charge < -0.3 is 5.11 Å². The smallest absolute Gasteiger partial charge is 0.389 e. The van der Waals surface area contributed by atoms with Gasteiger partial charge in [0.15, 0.2) is 5.78 Å². The van der Waals surface area contributed by atoms with E-state index in [1.54, 1.807) is 0 Å². The summed E-state index contributed by atoms with van der Waals surface area (Å²) in [5.74, 6) is 0.228. The first kappa shape index (κ1) is 19.5. The van der Waals surface area contributed by atoms with E-state index in [4.69, 9.17) is 0 Å².